The fourth-order valence-electron chi connectivity index (χ4n) is 1.77. The van der Waals surface area contributed by atoms with Crippen LogP contribution in [-0.4, -0.2) is 17.4 Å². The largest absolute Gasteiger partial charge is 0.457 e. The predicted octanol–water partition coefficient (Wildman–Crippen LogP) is 2.41. The van der Waals surface area contributed by atoms with Crippen LogP contribution in [0.25, 0.3) is 0 Å². The minimum Gasteiger partial charge on any atom is -0.457 e. The number of nitrogens with zero attached hydrogens (tertiary/aromatic N) is 1. The first kappa shape index (κ1) is 9.77. The van der Waals surface area contributed by atoms with E-state index in [-0.39, 0.29) is 5.91 Å². The van der Waals surface area contributed by atoms with E-state index in [1.165, 1.54) is 0 Å². The maximum absolute atomic E-state index is 11.5. The fourth-order valence-corrected chi connectivity index (χ4v) is 2.16. The Morgan fingerprint density at radius 2 is 2.50 bits per heavy atom. The molecule has 1 aliphatic rings. The van der Waals surface area contributed by atoms with E-state index < -0.39 is 0 Å². The van der Waals surface area contributed by atoms with Gasteiger partial charge in [-0.3, -0.25) is 4.79 Å². The summed E-state index contributed by atoms with van der Waals surface area (Å²) >= 11 is 3.24. The Balaban J connectivity index is 2.01. The van der Waals surface area contributed by atoms with Gasteiger partial charge in [0.2, 0.25) is 5.91 Å². The summed E-state index contributed by atoms with van der Waals surface area (Å²) in [5.41, 5.74) is 1.04. The van der Waals surface area contributed by atoms with Gasteiger partial charge in [-0.2, -0.15) is 0 Å². The van der Waals surface area contributed by atoms with Crippen LogP contribution in [0.1, 0.15) is 18.9 Å². The highest BCUT2D eigenvalue weighted by molar-refractivity contribution is 9.10. The van der Waals surface area contributed by atoms with Crippen molar-refractivity contribution >= 4 is 21.8 Å². The third-order valence-corrected chi connectivity index (χ3v) is 2.82. The fraction of sp³-hybridized carbons (Fsp3) is 0.500. The first-order valence-corrected chi connectivity index (χ1v) is 5.45. The summed E-state index contributed by atoms with van der Waals surface area (Å²) in [6.07, 6.45) is 2.36. The van der Waals surface area contributed by atoms with Gasteiger partial charge in [0.25, 0.3) is 0 Å². The molecule has 3 nitrogen and oxygen atoms in total. The Morgan fingerprint density at radius 1 is 1.71 bits per heavy atom. The molecule has 0 bridgehead atoms. The summed E-state index contributed by atoms with van der Waals surface area (Å²) < 4.78 is 5.83. The lowest BCUT2D eigenvalue weighted by atomic mass is 10.2. The van der Waals surface area contributed by atoms with Gasteiger partial charge in [0.05, 0.1) is 6.26 Å². The number of carbonyl (C=O) groups excluding carboxylic acids is 1. The van der Waals surface area contributed by atoms with E-state index >= 15 is 0 Å². The van der Waals surface area contributed by atoms with Gasteiger partial charge >= 0.3 is 0 Å². The highest BCUT2D eigenvalue weighted by atomic mass is 79.9. The minimum absolute atomic E-state index is 0.245. The molecule has 0 spiro atoms. The molecule has 2 heterocycles. The molecule has 0 aliphatic carbocycles. The Hall–Kier alpha value is -0.770. The van der Waals surface area contributed by atoms with Gasteiger partial charge in [-0.1, -0.05) is 6.92 Å². The zero-order valence-corrected chi connectivity index (χ0v) is 9.58. The molecular formula is C10H12BrNO2. The second-order valence-electron chi connectivity index (χ2n) is 3.84. The van der Waals surface area contributed by atoms with E-state index in [9.17, 15) is 4.79 Å². The number of likely N-dealkylation sites (tertiary alicyclic amines) is 1. The van der Waals surface area contributed by atoms with Crippen LogP contribution in [0.4, 0.5) is 0 Å². The SMILES string of the molecule is CC1CC(=O)N(Cc2coc(Br)c2)C1. The van der Waals surface area contributed by atoms with Crippen molar-refractivity contribution in [1.82, 2.24) is 4.90 Å². The van der Waals surface area contributed by atoms with Crippen LogP contribution in [0.3, 0.4) is 0 Å². The standard InChI is InChI=1S/C10H12BrNO2/c1-7-2-10(13)12(4-7)5-8-3-9(11)14-6-8/h3,6-7H,2,4-5H2,1H3. The lowest BCUT2D eigenvalue weighted by Gasteiger charge is -2.14. The van der Waals surface area contributed by atoms with Gasteiger partial charge in [-0.15, -0.1) is 0 Å². The second kappa shape index (κ2) is 3.77. The van der Waals surface area contributed by atoms with Crippen molar-refractivity contribution in [3.63, 3.8) is 0 Å². The normalized spacial score (nSPS) is 22.0. The van der Waals surface area contributed by atoms with Crippen molar-refractivity contribution < 1.29 is 9.21 Å². The van der Waals surface area contributed by atoms with E-state index in [4.69, 9.17) is 4.42 Å². The van der Waals surface area contributed by atoms with Crippen LogP contribution in [0, 0.1) is 5.92 Å². The maximum Gasteiger partial charge on any atom is 0.223 e. The third-order valence-electron chi connectivity index (χ3n) is 2.40. The van der Waals surface area contributed by atoms with Crippen LogP contribution in [0.15, 0.2) is 21.4 Å². The molecule has 4 heteroatoms. The summed E-state index contributed by atoms with van der Waals surface area (Å²) in [7, 11) is 0. The van der Waals surface area contributed by atoms with Crippen molar-refractivity contribution in [2.45, 2.75) is 19.9 Å². The molecule has 0 N–H and O–H groups in total. The topological polar surface area (TPSA) is 33.5 Å². The monoisotopic (exact) mass is 257 g/mol. The number of rotatable bonds is 2. The molecule has 2 rings (SSSR count). The number of hydrogen-bond donors (Lipinski definition) is 0. The molecular weight excluding hydrogens is 246 g/mol. The van der Waals surface area contributed by atoms with Gasteiger partial charge in [0.1, 0.15) is 0 Å². The Kier molecular flexibility index (Phi) is 2.63. The Morgan fingerprint density at radius 3 is 3.00 bits per heavy atom. The van der Waals surface area contributed by atoms with Gasteiger partial charge in [-0.05, 0) is 27.9 Å². The molecule has 0 aromatic carbocycles. The number of hydrogen-bond acceptors (Lipinski definition) is 2. The lowest BCUT2D eigenvalue weighted by Crippen LogP contribution is -2.24. The average molecular weight is 258 g/mol. The molecule has 1 aliphatic heterocycles. The first-order valence-electron chi connectivity index (χ1n) is 4.66. The van der Waals surface area contributed by atoms with Crippen LogP contribution >= 0.6 is 15.9 Å². The number of halogens is 1. The zero-order chi connectivity index (χ0) is 10.1. The highest BCUT2D eigenvalue weighted by Crippen LogP contribution is 2.21. The van der Waals surface area contributed by atoms with Gasteiger partial charge in [0, 0.05) is 25.1 Å². The van der Waals surface area contributed by atoms with E-state index in [0.29, 0.717) is 23.6 Å². The van der Waals surface area contributed by atoms with Crippen molar-refractivity contribution in [1.29, 1.82) is 0 Å². The summed E-state index contributed by atoms with van der Waals surface area (Å²) in [5.74, 6) is 0.729. The summed E-state index contributed by atoms with van der Waals surface area (Å²) in [5, 5.41) is 0. The zero-order valence-electron chi connectivity index (χ0n) is 8.00. The van der Waals surface area contributed by atoms with Crippen molar-refractivity contribution in [3.8, 4) is 0 Å². The van der Waals surface area contributed by atoms with Crippen molar-refractivity contribution in [3.05, 3.63) is 22.6 Å². The molecule has 1 aromatic heterocycles. The van der Waals surface area contributed by atoms with E-state index in [1.54, 1.807) is 6.26 Å². The van der Waals surface area contributed by atoms with Crippen LogP contribution < -0.4 is 0 Å². The molecule has 0 radical (unpaired) electrons. The van der Waals surface area contributed by atoms with Crippen LogP contribution in [0.2, 0.25) is 0 Å². The number of furan rings is 1. The second-order valence-corrected chi connectivity index (χ2v) is 4.62. The van der Waals surface area contributed by atoms with E-state index in [2.05, 4.69) is 22.9 Å². The molecule has 1 aromatic rings. The molecule has 1 atom stereocenters. The molecule has 76 valence electrons. The quantitative estimate of drug-likeness (QED) is 0.816. The van der Waals surface area contributed by atoms with Gasteiger partial charge < -0.3 is 9.32 Å². The molecule has 1 unspecified atom stereocenters. The minimum atomic E-state index is 0.245. The average Bonchev–Trinajstić information content (AvgIpc) is 2.61. The number of carbonyl (C=O) groups is 1. The van der Waals surface area contributed by atoms with E-state index in [1.807, 2.05) is 11.0 Å². The Bertz CT molecular complexity index is 348. The summed E-state index contributed by atoms with van der Waals surface area (Å²) in [6, 6.07) is 1.90. The molecule has 1 fully saturated rings. The van der Waals surface area contributed by atoms with Crippen LogP contribution in [-0.2, 0) is 11.3 Å². The van der Waals surface area contributed by atoms with Crippen molar-refractivity contribution in [2.75, 3.05) is 6.54 Å². The summed E-state index contributed by atoms with van der Waals surface area (Å²) in [4.78, 5) is 13.4. The molecule has 14 heavy (non-hydrogen) atoms. The van der Waals surface area contributed by atoms with E-state index in [0.717, 1.165) is 12.1 Å². The molecule has 1 saturated heterocycles. The summed E-state index contributed by atoms with van der Waals surface area (Å²) in [6.45, 7) is 3.63. The lowest BCUT2D eigenvalue weighted by molar-refractivity contribution is -0.128. The van der Waals surface area contributed by atoms with Crippen LogP contribution in [0.5, 0.6) is 0 Å². The maximum atomic E-state index is 11.5. The highest BCUT2D eigenvalue weighted by Gasteiger charge is 2.26. The van der Waals surface area contributed by atoms with Gasteiger partial charge in [0.15, 0.2) is 4.67 Å². The third kappa shape index (κ3) is 2.00. The predicted molar refractivity (Wildman–Crippen MR) is 55.6 cm³/mol. The smallest absolute Gasteiger partial charge is 0.223 e. The first-order chi connectivity index (χ1) is 6.65. The molecule has 0 saturated carbocycles. The Labute approximate surface area is 91.2 Å². The number of amides is 1. The van der Waals surface area contributed by atoms with Gasteiger partial charge in [-0.25, -0.2) is 0 Å². The molecule has 1 amide bonds. The van der Waals surface area contributed by atoms with Crippen molar-refractivity contribution in [2.24, 2.45) is 5.92 Å².